The monoisotopic (exact) mass is 444 g/mol. The van der Waals surface area contributed by atoms with Crippen molar-refractivity contribution in [3.8, 4) is 11.5 Å². The number of aliphatic hydroxyl groups excluding tert-OH is 1. The first-order valence-corrected chi connectivity index (χ1v) is 10.8. The van der Waals surface area contributed by atoms with Crippen LogP contribution < -0.4 is 9.47 Å². The molecule has 0 saturated heterocycles. The summed E-state index contributed by atoms with van der Waals surface area (Å²) in [6, 6.07) is 14.0. The second-order valence-corrected chi connectivity index (χ2v) is 9.27. The molecule has 1 atom stereocenters. The summed E-state index contributed by atoms with van der Waals surface area (Å²) in [5, 5.41) is 10.8. The Morgan fingerprint density at radius 1 is 1.16 bits per heavy atom. The molecule has 31 heavy (non-hydrogen) atoms. The number of aliphatic hydroxyl groups is 1. The summed E-state index contributed by atoms with van der Waals surface area (Å²) in [7, 11) is 1.67. The summed E-state index contributed by atoms with van der Waals surface area (Å²) in [6.45, 7) is 7.15. The summed E-state index contributed by atoms with van der Waals surface area (Å²) in [6.07, 6.45) is 2.98. The standard InChI is InChI=1S/C25H32N2O3.ClH/c1-25(2,3)20-14-19(29-4)12-13-23(20)30-16-18(28)15-27-22-11-6-5-10-21(22)26-24(27)17-8-7-9-17;/h5-6,10-14,17-18,28H,7-9,15-16H2,1-4H3;1H. The minimum absolute atomic E-state index is 0. The maximum Gasteiger partial charge on any atom is 0.123 e. The van der Waals surface area contributed by atoms with E-state index in [9.17, 15) is 5.11 Å². The number of hydrogen-bond donors (Lipinski definition) is 1. The molecule has 1 fully saturated rings. The van der Waals surface area contributed by atoms with Gasteiger partial charge < -0.3 is 19.1 Å². The summed E-state index contributed by atoms with van der Waals surface area (Å²) in [5.41, 5.74) is 3.06. The van der Waals surface area contributed by atoms with Crippen molar-refractivity contribution in [1.82, 2.24) is 9.55 Å². The number of nitrogens with zero attached hydrogens (tertiary/aromatic N) is 2. The van der Waals surface area contributed by atoms with Crippen molar-refractivity contribution in [2.45, 2.75) is 64.0 Å². The van der Waals surface area contributed by atoms with Crippen LogP contribution in [-0.2, 0) is 12.0 Å². The number of rotatable bonds is 7. The Hall–Kier alpha value is -2.24. The third-order valence-electron chi connectivity index (χ3n) is 5.97. The molecule has 0 amide bonds. The zero-order chi connectivity index (χ0) is 21.3. The lowest BCUT2D eigenvalue weighted by Gasteiger charge is -2.27. The van der Waals surface area contributed by atoms with Crippen molar-refractivity contribution in [2.24, 2.45) is 0 Å². The molecule has 1 aliphatic carbocycles. The molecule has 1 N–H and O–H groups in total. The van der Waals surface area contributed by atoms with Crippen molar-refractivity contribution in [3.05, 3.63) is 53.9 Å². The van der Waals surface area contributed by atoms with Crippen LogP contribution >= 0.6 is 12.4 Å². The maximum atomic E-state index is 10.8. The molecule has 1 unspecified atom stereocenters. The van der Waals surface area contributed by atoms with Crippen molar-refractivity contribution >= 4 is 23.4 Å². The van der Waals surface area contributed by atoms with E-state index in [1.54, 1.807) is 7.11 Å². The van der Waals surface area contributed by atoms with Gasteiger partial charge in [0.05, 0.1) is 24.7 Å². The van der Waals surface area contributed by atoms with Gasteiger partial charge in [0.15, 0.2) is 0 Å². The topological polar surface area (TPSA) is 56.5 Å². The van der Waals surface area contributed by atoms with Gasteiger partial charge in [0.2, 0.25) is 0 Å². The molecule has 1 heterocycles. The number of benzene rings is 2. The number of para-hydroxylation sites is 2. The number of fused-ring (bicyclic) bond motifs is 1. The fraction of sp³-hybridized carbons (Fsp3) is 0.480. The van der Waals surface area contributed by atoms with Crippen LogP contribution in [0, 0.1) is 0 Å². The zero-order valence-corrected chi connectivity index (χ0v) is 19.6. The van der Waals surface area contributed by atoms with Crippen LogP contribution in [0.5, 0.6) is 11.5 Å². The van der Waals surface area contributed by atoms with E-state index in [0.717, 1.165) is 33.9 Å². The van der Waals surface area contributed by atoms with Crippen LogP contribution in [0.3, 0.4) is 0 Å². The lowest BCUT2D eigenvalue weighted by atomic mass is 9.85. The highest BCUT2D eigenvalue weighted by Crippen LogP contribution is 2.37. The lowest BCUT2D eigenvalue weighted by molar-refractivity contribution is 0.0909. The molecule has 0 aliphatic heterocycles. The van der Waals surface area contributed by atoms with E-state index in [0.29, 0.717) is 12.5 Å². The Morgan fingerprint density at radius 2 is 1.90 bits per heavy atom. The van der Waals surface area contributed by atoms with Crippen LogP contribution in [0.15, 0.2) is 42.5 Å². The Bertz CT molecular complexity index is 1020. The predicted molar refractivity (Wildman–Crippen MR) is 127 cm³/mol. The van der Waals surface area contributed by atoms with Gasteiger partial charge in [-0.05, 0) is 48.6 Å². The molecular formula is C25H33ClN2O3. The minimum Gasteiger partial charge on any atom is -0.497 e. The average molecular weight is 445 g/mol. The van der Waals surface area contributed by atoms with Crippen LogP contribution in [0.2, 0.25) is 0 Å². The SMILES string of the molecule is COc1ccc(OCC(O)Cn2c(C3CCC3)nc3ccccc32)c(C(C)(C)C)c1.Cl. The van der Waals surface area contributed by atoms with Crippen molar-refractivity contribution in [2.75, 3.05) is 13.7 Å². The van der Waals surface area contributed by atoms with Gasteiger partial charge in [-0.2, -0.15) is 0 Å². The number of aromatic nitrogens is 2. The van der Waals surface area contributed by atoms with E-state index in [1.165, 1.54) is 19.3 Å². The molecule has 1 saturated carbocycles. The van der Waals surface area contributed by atoms with Gasteiger partial charge in [-0.25, -0.2) is 4.98 Å². The largest absolute Gasteiger partial charge is 0.497 e. The molecule has 0 radical (unpaired) electrons. The van der Waals surface area contributed by atoms with E-state index in [1.807, 2.05) is 36.4 Å². The normalized spacial score (nSPS) is 15.3. The smallest absolute Gasteiger partial charge is 0.123 e. The number of methoxy groups -OCH3 is 1. The molecule has 1 aliphatic rings. The van der Waals surface area contributed by atoms with Gasteiger partial charge in [0, 0.05) is 11.5 Å². The Morgan fingerprint density at radius 3 is 2.55 bits per heavy atom. The minimum atomic E-state index is -0.628. The molecule has 0 spiro atoms. The van der Waals surface area contributed by atoms with Crippen molar-refractivity contribution in [3.63, 3.8) is 0 Å². The Balaban J connectivity index is 0.00000272. The fourth-order valence-corrected chi connectivity index (χ4v) is 4.06. The number of imidazole rings is 1. The Labute approximate surface area is 190 Å². The molecule has 6 heteroatoms. The molecular weight excluding hydrogens is 412 g/mol. The second-order valence-electron chi connectivity index (χ2n) is 9.27. The maximum absolute atomic E-state index is 10.8. The third-order valence-corrected chi connectivity index (χ3v) is 5.97. The van der Waals surface area contributed by atoms with Gasteiger partial charge in [0.1, 0.15) is 30.0 Å². The van der Waals surface area contributed by atoms with Crippen LogP contribution in [0.1, 0.15) is 57.3 Å². The van der Waals surface area contributed by atoms with E-state index in [2.05, 4.69) is 31.4 Å². The summed E-state index contributed by atoms with van der Waals surface area (Å²) >= 11 is 0. The quantitative estimate of drug-likeness (QED) is 0.524. The highest BCUT2D eigenvalue weighted by atomic mass is 35.5. The lowest BCUT2D eigenvalue weighted by Crippen LogP contribution is -2.27. The van der Waals surface area contributed by atoms with Gasteiger partial charge in [-0.3, -0.25) is 0 Å². The molecule has 5 nitrogen and oxygen atoms in total. The molecule has 3 aromatic rings. The first kappa shape index (κ1) is 23.4. The van der Waals surface area contributed by atoms with E-state index < -0.39 is 6.10 Å². The van der Waals surface area contributed by atoms with Gasteiger partial charge in [-0.1, -0.05) is 39.3 Å². The van der Waals surface area contributed by atoms with Crippen LogP contribution in [0.25, 0.3) is 11.0 Å². The van der Waals surface area contributed by atoms with Crippen LogP contribution in [0.4, 0.5) is 0 Å². The molecule has 1 aromatic heterocycles. The average Bonchev–Trinajstić information content (AvgIpc) is 3.02. The first-order chi connectivity index (χ1) is 14.4. The van der Waals surface area contributed by atoms with Gasteiger partial charge >= 0.3 is 0 Å². The van der Waals surface area contributed by atoms with Gasteiger partial charge in [-0.15, -0.1) is 12.4 Å². The van der Waals surface area contributed by atoms with Gasteiger partial charge in [0.25, 0.3) is 0 Å². The highest BCUT2D eigenvalue weighted by Gasteiger charge is 2.27. The molecule has 0 bridgehead atoms. The predicted octanol–water partition coefficient (Wildman–Crippen LogP) is 5.47. The Kier molecular flexibility index (Phi) is 7.17. The molecule has 4 rings (SSSR count). The number of hydrogen-bond acceptors (Lipinski definition) is 4. The summed E-state index contributed by atoms with van der Waals surface area (Å²) in [5.74, 6) is 3.20. The van der Waals surface area contributed by atoms with E-state index in [-0.39, 0.29) is 24.4 Å². The number of halogens is 1. The first-order valence-electron chi connectivity index (χ1n) is 10.8. The van der Waals surface area contributed by atoms with E-state index >= 15 is 0 Å². The van der Waals surface area contributed by atoms with Crippen LogP contribution in [-0.4, -0.2) is 34.5 Å². The number of ether oxygens (including phenoxy) is 2. The van der Waals surface area contributed by atoms with Crippen molar-refractivity contribution < 1.29 is 14.6 Å². The summed E-state index contributed by atoms with van der Waals surface area (Å²) in [4.78, 5) is 4.87. The zero-order valence-electron chi connectivity index (χ0n) is 18.8. The fourth-order valence-electron chi connectivity index (χ4n) is 4.06. The summed E-state index contributed by atoms with van der Waals surface area (Å²) < 4.78 is 13.7. The second kappa shape index (κ2) is 9.49. The van der Waals surface area contributed by atoms with Crippen molar-refractivity contribution in [1.29, 1.82) is 0 Å². The molecule has 2 aromatic carbocycles. The third kappa shape index (κ3) is 4.99. The highest BCUT2D eigenvalue weighted by molar-refractivity contribution is 5.85. The van der Waals surface area contributed by atoms with E-state index in [4.69, 9.17) is 14.5 Å². The molecule has 168 valence electrons.